The van der Waals surface area contributed by atoms with Gasteiger partial charge in [-0.3, -0.25) is 9.97 Å². The van der Waals surface area contributed by atoms with Gasteiger partial charge in [0.05, 0.1) is 11.4 Å². The fourth-order valence-electron chi connectivity index (χ4n) is 6.31. The van der Waals surface area contributed by atoms with Crippen LogP contribution in [0.25, 0.3) is 11.4 Å². The molecule has 2 rings (SSSR count). The predicted octanol–water partition coefficient (Wildman–Crippen LogP) is 12.1. The van der Waals surface area contributed by atoms with Gasteiger partial charge in [-0.2, -0.15) is 0 Å². The second-order valence-corrected chi connectivity index (χ2v) is 14.6. The summed E-state index contributed by atoms with van der Waals surface area (Å²) < 4.78 is 0. The van der Waals surface area contributed by atoms with Gasteiger partial charge in [0.15, 0.2) is 0 Å². The van der Waals surface area contributed by atoms with Crippen molar-refractivity contribution in [1.82, 2.24) is 9.97 Å². The molecule has 0 aliphatic carbocycles. The van der Waals surface area contributed by atoms with E-state index in [4.69, 9.17) is 0 Å². The normalized spacial score (nSPS) is 10.4. The predicted molar refractivity (Wildman–Crippen MR) is 217 cm³/mol. The van der Waals surface area contributed by atoms with Crippen LogP contribution in [0.5, 0.6) is 0 Å². The van der Waals surface area contributed by atoms with E-state index < -0.39 is 11.9 Å². The number of carbonyl (C=O) groups excluding carboxylic acids is 2. The van der Waals surface area contributed by atoms with Crippen LogP contribution in [-0.2, 0) is 26.7 Å². The first-order chi connectivity index (χ1) is 25.5. The molecule has 6 nitrogen and oxygen atoms in total. The maximum absolute atomic E-state index is 10.2. The Kier molecular flexibility index (Phi) is 44.0. The van der Waals surface area contributed by atoms with Crippen LogP contribution in [0.2, 0.25) is 0 Å². The van der Waals surface area contributed by atoms with Crippen LogP contribution in [0.1, 0.15) is 219 Å². The third kappa shape index (κ3) is 42.4. The standard InChI is InChI=1S/2C18H36O2.C10H8N2.Cu/c2*1-2-3-4-5-6-7-8-9-10-11-12-13-14-15-16-17-18(19)20;1-3-7-11-9(5-1)10-6-2-4-8-12-10;/h2*2-17H2,1H3,(H,19,20);1-8H;/q;;;+2/p-2. The van der Waals surface area contributed by atoms with E-state index in [9.17, 15) is 19.8 Å². The number of carboxylic acids is 2. The fourth-order valence-corrected chi connectivity index (χ4v) is 6.31. The molecule has 0 saturated heterocycles. The van der Waals surface area contributed by atoms with Crippen LogP contribution < -0.4 is 10.2 Å². The van der Waals surface area contributed by atoms with Gasteiger partial charge in [0, 0.05) is 24.3 Å². The molecule has 1 radical (unpaired) electrons. The molecular weight excluding hydrogens is 708 g/mol. The first-order valence-electron chi connectivity index (χ1n) is 21.7. The van der Waals surface area contributed by atoms with E-state index in [0.29, 0.717) is 0 Å². The summed E-state index contributed by atoms with van der Waals surface area (Å²) in [6.45, 7) is 4.53. The largest absolute Gasteiger partial charge is 2.00 e. The van der Waals surface area contributed by atoms with Crippen molar-refractivity contribution >= 4 is 11.9 Å². The van der Waals surface area contributed by atoms with E-state index in [1.54, 1.807) is 12.4 Å². The summed E-state index contributed by atoms with van der Waals surface area (Å²) >= 11 is 0. The SMILES string of the molecule is CCCCCCCCCCCCCCCCCC(=O)[O-].CCCCCCCCCCCCCCCCCC(=O)[O-].[Cu+2].c1ccc(-c2ccccn2)nc1. The average molecular weight is 787 g/mol. The quantitative estimate of drug-likeness (QED) is 0.0527. The smallest absolute Gasteiger partial charge is 0.550 e. The van der Waals surface area contributed by atoms with Crippen LogP contribution in [0.3, 0.4) is 0 Å². The molecule has 0 atom stereocenters. The Labute approximate surface area is 337 Å². The number of hydrogen-bond acceptors (Lipinski definition) is 6. The molecule has 0 saturated carbocycles. The summed E-state index contributed by atoms with van der Waals surface area (Å²) in [5, 5.41) is 20.4. The molecule has 2 heterocycles. The molecule has 0 unspecified atom stereocenters. The maximum Gasteiger partial charge on any atom is 2.00 e. The van der Waals surface area contributed by atoms with E-state index in [0.717, 1.165) is 37.1 Å². The van der Waals surface area contributed by atoms with Gasteiger partial charge in [-0.15, -0.1) is 0 Å². The van der Waals surface area contributed by atoms with Gasteiger partial charge < -0.3 is 19.8 Å². The van der Waals surface area contributed by atoms with Gasteiger partial charge in [-0.25, -0.2) is 0 Å². The number of pyridine rings is 2. The molecule has 0 spiro atoms. The number of aliphatic carboxylic acids is 2. The van der Waals surface area contributed by atoms with Crippen LogP contribution in [0.15, 0.2) is 48.8 Å². The van der Waals surface area contributed by atoms with Crippen molar-refractivity contribution in [3.8, 4) is 11.4 Å². The summed E-state index contributed by atoms with van der Waals surface area (Å²) in [6, 6.07) is 11.6. The topological polar surface area (TPSA) is 106 Å². The van der Waals surface area contributed by atoms with Crippen LogP contribution in [0, 0.1) is 0 Å². The van der Waals surface area contributed by atoms with Gasteiger partial charge in [0.25, 0.3) is 0 Å². The minimum absolute atomic E-state index is 0. The van der Waals surface area contributed by atoms with Crippen molar-refractivity contribution < 1.29 is 36.9 Å². The van der Waals surface area contributed by atoms with Crippen LogP contribution in [0.4, 0.5) is 0 Å². The number of nitrogens with zero attached hydrogens (tertiary/aromatic N) is 2. The van der Waals surface area contributed by atoms with Crippen molar-refractivity contribution in [1.29, 1.82) is 0 Å². The monoisotopic (exact) mass is 786 g/mol. The Morgan fingerprint density at radius 2 is 0.623 bits per heavy atom. The Balaban J connectivity index is 0. The molecule has 2 aromatic heterocycles. The number of aromatic nitrogens is 2. The average Bonchev–Trinajstić information content (AvgIpc) is 3.16. The molecule has 2 aromatic rings. The van der Waals surface area contributed by atoms with Gasteiger partial charge in [0.2, 0.25) is 0 Å². The summed E-state index contributed by atoms with van der Waals surface area (Å²) in [5.74, 6) is -1.81. The molecule has 7 heteroatoms. The zero-order valence-electron chi connectivity index (χ0n) is 34.1. The number of carbonyl (C=O) groups is 2. The summed E-state index contributed by atoms with van der Waals surface area (Å²) in [7, 11) is 0. The molecule has 0 amide bonds. The van der Waals surface area contributed by atoms with Crippen molar-refractivity contribution in [3.05, 3.63) is 48.8 Å². The Morgan fingerprint density at radius 3 is 0.811 bits per heavy atom. The molecule has 0 aromatic carbocycles. The molecule has 53 heavy (non-hydrogen) atoms. The third-order valence-electron chi connectivity index (χ3n) is 9.56. The van der Waals surface area contributed by atoms with E-state index in [-0.39, 0.29) is 29.9 Å². The second-order valence-electron chi connectivity index (χ2n) is 14.6. The Bertz CT molecular complexity index is 928. The number of hydrogen-bond donors (Lipinski definition) is 0. The molecular formula is C46H78CuN2O4. The van der Waals surface area contributed by atoms with Gasteiger partial charge in [0.1, 0.15) is 0 Å². The van der Waals surface area contributed by atoms with E-state index in [1.807, 2.05) is 36.4 Å². The van der Waals surface area contributed by atoms with E-state index in [1.165, 1.54) is 167 Å². The first-order valence-corrected chi connectivity index (χ1v) is 21.7. The molecule has 0 aliphatic rings. The van der Waals surface area contributed by atoms with Gasteiger partial charge in [-0.1, -0.05) is 206 Å². The Morgan fingerprint density at radius 1 is 0.396 bits per heavy atom. The molecule has 0 N–H and O–H groups in total. The zero-order chi connectivity index (χ0) is 38.0. The summed E-state index contributed by atoms with van der Waals surface area (Å²) in [4.78, 5) is 28.8. The van der Waals surface area contributed by atoms with Crippen molar-refractivity contribution in [2.24, 2.45) is 0 Å². The second kappa shape index (κ2) is 44.2. The van der Waals surface area contributed by atoms with Crippen molar-refractivity contribution in [2.45, 2.75) is 219 Å². The van der Waals surface area contributed by atoms with E-state index >= 15 is 0 Å². The van der Waals surface area contributed by atoms with Crippen molar-refractivity contribution in [3.63, 3.8) is 0 Å². The van der Waals surface area contributed by atoms with Gasteiger partial charge >= 0.3 is 17.1 Å². The number of unbranched alkanes of at least 4 members (excludes halogenated alkanes) is 28. The summed E-state index contributed by atoms with van der Waals surface area (Å²) in [5.41, 5.74) is 1.83. The van der Waals surface area contributed by atoms with Crippen LogP contribution >= 0.6 is 0 Å². The first kappa shape index (κ1) is 52.9. The fraction of sp³-hybridized carbons (Fsp3) is 0.739. The molecule has 0 fully saturated rings. The van der Waals surface area contributed by atoms with Crippen LogP contribution in [-0.4, -0.2) is 21.9 Å². The Hall–Kier alpha value is -2.24. The molecule has 0 bridgehead atoms. The minimum atomic E-state index is -0.903. The third-order valence-corrected chi connectivity index (χ3v) is 9.56. The van der Waals surface area contributed by atoms with Crippen molar-refractivity contribution in [2.75, 3.05) is 0 Å². The van der Waals surface area contributed by atoms with Gasteiger partial charge in [-0.05, 0) is 49.9 Å². The summed E-state index contributed by atoms with van der Waals surface area (Å²) in [6.07, 6.45) is 43.3. The molecule has 0 aliphatic heterocycles. The zero-order valence-corrected chi connectivity index (χ0v) is 35.0. The minimum Gasteiger partial charge on any atom is -0.550 e. The number of rotatable bonds is 33. The van der Waals surface area contributed by atoms with E-state index in [2.05, 4.69) is 23.8 Å². The molecule has 307 valence electrons. The number of carboxylic acid groups (broad SMARTS) is 2. The maximum atomic E-state index is 10.2.